The van der Waals surface area contributed by atoms with Gasteiger partial charge in [0.15, 0.2) is 6.10 Å². The van der Waals surface area contributed by atoms with Crippen molar-refractivity contribution in [1.82, 2.24) is 4.72 Å². The number of esters is 1. The first-order valence-electron chi connectivity index (χ1n) is 8.97. The summed E-state index contributed by atoms with van der Waals surface area (Å²) in [4.78, 5) is 24.8. The Kier molecular flexibility index (Phi) is 7.69. The molecule has 0 saturated carbocycles. The number of nitrogens with one attached hydrogen (secondary N) is 1. The fourth-order valence-corrected chi connectivity index (χ4v) is 3.42. The molecule has 7 nitrogen and oxygen atoms in total. The second-order valence-electron chi connectivity index (χ2n) is 6.03. The number of rotatable bonds is 10. The maximum absolute atomic E-state index is 12.5. The average Bonchev–Trinajstić information content (AvgIpc) is 2.72. The Morgan fingerprint density at radius 2 is 1.66 bits per heavy atom. The lowest BCUT2D eigenvalue weighted by Gasteiger charge is -2.13. The van der Waals surface area contributed by atoms with Gasteiger partial charge in [0, 0.05) is 12.1 Å². The predicted octanol–water partition coefficient (Wildman–Crippen LogP) is 2.98. The molecule has 0 heterocycles. The van der Waals surface area contributed by atoms with Gasteiger partial charge in [-0.3, -0.25) is 4.79 Å². The van der Waals surface area contributed by atoms with E-state index in [1.54, 1.807) is 24.3 Å². The molecule has 8 heteroatoms. The Morgan fingerprint density at radius 3 is 2.21 bits per heavy atom. The van der Waals surface area contributed by atoms with Crippen molar-refractivity contribution in [2.45, 2.75) is 24.8 Å². The fourth-order valence-electron chi connectivity index (χ4n) is 2.42. The van der Waals surface area contributed by atoms with Crippen LogP contribution in [0.25, 0.3) is 0 Å². The Morgan fingerprint density at radius 1 is 1.07 bits per heavy atom. The molecule has 0 unspecified atom stereocenters. The van der Waals surface area contributed by atoms with Gasteiger partial charge in [0.1, 0.15) is 5.75 Å². The number of carbonyl (C=O) groups excluding carboxylic acids is 2. The van der Waals surface area contributed by atoms with Gasteiger partial charge in [-0.15, -0.1) is 6.58 Å². The first-order valence-corrected chi connectivity index (χ1v) is 10.5. The van der Waals surface area contributed by atoms with Crippen molar-refractivity contribution in [3.8, 4) is 5.75 Å². The Bertz CT molecular complexity index is 965. The van der Waals surface area contributed by atoms with Gasteiger partial charge >= 0.3 is 5.97 Å². The van der Waals surface area contributed by atoms with Crippen LogP contribution in [0.1, 0.15) is 34.6 Å². The highest BCUT2D eigenvalue weighted by atomic mass is 32.2. The quantitative estimate of drug-likeness (QED) is 0.363. The molecule has 1 N–H and O–H groups in total. The number of hydrogen-bond acceptors (Lipinski definition) is 6. The van der Waals surface area contributed by atoms with E-state index in [0.29, 0.717) is 17.9 Å². The van der Waals surface area contributed by atoms with Crippen molar-refractivity contribution >= 4 is 21.8 Å². The molecule has 0 fully saturated rings. The van der Waals surface area contributed by atoms with Gasteiger partial charge in [-0.25, -0.2) is 17.9 Å². The minimum atomic E-state index is -3.68. The van der Waals surface area contributed by atoms with Crippen LogP contribution < -0.4 is 9.46 Å². The van der Waals surface area contributed by atoms with E-state index in [4.69, 9.17) is 9.47 Å². The van der Waals surface area contributed by atoms with Crippen molar-refractivity contribution in [3.63, 3.8) is 0 Å². The summed E-state index contributed by atoms with van der Waals surface area (Å²) < 4.78 is 37.0. The zero-order chi connectivity index (χ0) is 21.4. The fraction of sp³-hybridized carbons (Fsp3) is 0.238. The van der Waals surface area contributed by atoms with E-state index in [1.807, 2.05) is 6.92 Å². The average molecular weight is 417 g/mol. The summed E-state index contributed by atoms with van der Waals surface area (Å²) in [5, 5.41) is 0. The van der Waals surface area contributed by atoms with Gasteiger partial charge in [-0.05, 0) is 62.4 Å². The van der Waals surface area contributed by atoms with Gasteiger partial charge in [0.25, 0.3) is 0 Å². The lowest BCUT2D eigenvalue weighted by molar-refractivity contribution is 0.0318. The van der Waals surface area contributed by atoms with Gasteiger partial charge in [-0.1, -0.05) is 6.08 Å². The molecule has 154 valence electrons. The molecule has 2 aromatic carbocycles. The minimum absolute atomic E-state index is 0.00872. The monoisotopic (exact) mass is 417 g/mol. The number of ether oxygens (including phenoxy) is 2. The maximum Gasteiger partial charge on any atom is 0.338 e. The molecule has 0 radical (unpaired) electrons. The molecular formula is C21H23NO6S. The highest BCUT2D eigenvalue weighted by Gasteiger charge is 2.21. The Labute approximate surface area is 170 Å². The van der Waals surface area contributed by atoms with Crippen molar-refractivity contribution in [3.05, 3.63) is 72.3 Å². The number of ketones is 1. The van der Waals surface area contributed by atoms with Crippen LogP contribution in [0, 0.1) is 0 Å². The van der Waals surface area contributed by atoms with Crippen molar-refractivity contribution in [2.75, 3.05) is 13.2 Å². The van der Waals surface area contributed by atoms with Crippen LogP contribution in [0.2, 0.25) is 0 Å². The lowest BCUT2D eigenvalue weighted by Crippen LogP contribution is -2.25. The predicted molar refractivity (Wildman–Crippen MR) is 109 cm³/mol. The van der Waals surface area contributed by atoms with Crippen LogP contribution in [0.3, 0.4) is 0 Å². The second kappa shape index (κ2) is 9.99. The standard InChI is InChI=1S/C21H23NO6S/c1-4-14-22-29(25,26)19-12-8-17(9-13-19)21(24)28-15(3)20(23)16-6-10-18(11-7-16)27-5-2/h4,6-13,15,22H,1,5,14H2,2-3H3/t15-/m0/s1. The molecular weight excluding hydrogens is 394 g/mol. The minimum Gasteiger partial charge on any atom is -0.494 e. The summed E-state index contributed by atoms with van der Waals surface area (Å²) in [6, 6.07) is 11.8. The molecule has 0 aliphatic carbocycles. The molecule has 0 aromatic heterocycles. The van der Waals surface area contributed by atoms with Crippen molar-refractivity contribution in [1.29, 1.82) is 0 Å². The zero-order valence-electron chi connectivity index (χ0n) is 16.3. The molecule has 0 amide bonds. The largest absolute Gasteiger partial charge is 0.494 e. The van der Waals surface area contributed by atoms with Crippen LogP contribution in [-0.4, -0.2) is 39.4 Å². The normalized spacial score (nSPS) is 12.1. The Balaban J connectivity index is 2.03. The number of hydrogen-bond donors (Lipinski definition) is 1. The molecule has 29 heavy (non-hydrogen) atoms. The number of sulfonamides is 1. The highest BCUT2D eigenvalue weighted by Crippen LogP contribution is 2.16. The zero-order valence-corrected chi connectivity index (χ0v) is 17.1. The number of Topliss-reactive ketones (excluding diaryl/α,β-unsaturated/α-hetero) is 1. The molecule has 0 aliphatic heterocycles. The molecule has 0 saturated heterocycles. The number of benzene rings is 2. The second-order valence-corrected chi connectivity index (χ2v) is 7.80. The molecule has 1 atom stereocenters. The topological polar surface area (TPSA) is 98.8 Å². The lowest BCUT2D eigenvalue weighted by atomic mass is 10.1. The molecule has 2 aromatic rings. The first-order chi connectivity index (χ1) is 13.8. The van der Waals surface area contributed by atoms with E-state index in [9.17, 15) is 18.0 Å². The SMILES string of the molecule is C=CCNS(=O)(=O)c1ccc(C(=O)O[C@@H](C)C(=O)c2ccc(OCC)cc2)cc1. The third-order valence-electron chi connectivity index (χ3n) is 3.92. The van der Waals surface area contributed by atoms with E-state index in [0.717, 1.165) is 0 Å². The molecule has 0 spiro atoms. The smallest absolute Gasteiger partial charge is 0.338 e. The Hall–Kier alpha value is -2.97. The number of carbonyl (C=O) groups is 2. The van der Waals surface area contributed by atoms with Gasteiger partial charge in [-0.2, -0.15) is 0 Å². The molecule has 0 aliphatic rings. The summed E-state index contributed by atoms with van der Waals surface area (Å²) in [5.74, 6) is -0.430. The van der Waals surface area contributed by atoms with Crippen molar-refractivity contribution < 1.29 is 27.5 Å². The van der Waals surface area contributed by atoms with Gasteiger partial charge < -0.3 is 9.47 Å². The third kappa shape index (κ3) is 6.00. The van der Waals surface area contributed by atoms with Crippen LogP contribution in [0.4, 0.5) is 0 Å². The van der Waals surface area contributed by atoms with E-state index < -0.39 is 22.1 Å². The highest BCUT2D eigenvalue weighted by molar-refractivity contribution is 7.89. The third-order valence-corrected chi connectivity index (χ3v) is 5.36. The van der Waals surface area contributed by atoms with E-state index in [-0.39, 0.29) is 22.8 Å². The molecule has 0 bridgehead atoms. The van der Waals surface area contributed by atoms with Crippen LogP contribution >= 0.6 is 0 Å². The van der Waals surface area contributed by atoms with Crippen LogP contribution in [0.5, 0.6) is 5.75 Å². The van der Waals surface area contributed by atoms with E-state index in [2.05, 4.69) is 11.3 Å². The van der Waals surface area contributed by atoms with Gasteiger partial charge in [0.2, 0.25) is 15.8 Å². The summed E-state index contributed by atoms with van der Waals surface area (Å²) in [6.07, 6.45) is 0.421. The van der Waals surface area contributed by atoms with Gasteiger partial charge in [0.05, 0.1) is 17.1 Å². The van der Waals surface area contributed by atoms with Crippen molar-refractivity contribution in [2.24, 2.45) is 0 Å². The van der Waals surface area contributed by atoms with Crippen LogP contribution in [-0.2, 0) is 14.8 Å². The van der Waals surface area contributed by atoms with Crippen LogP contribution in [0.15, 0.2) is 66.1 Å². The first kappa shape index (κ1) is 22.3. The molecule has 2 rings (SSSR count). The summed E-state index contributed by atoms with van der Waals surface area (Å²) in [6.45, 7) is 7.41. The summed E-state index contributed by atoms with van der Waals surface area (Å²) >= 11 is 0. The summed E-state index contributed by atoms with van der Waals surface area (Å²) in [7, 11) is -3.68. The summed E-state index contributed by atoms with van der Waals surface area (Å²) in [5.41, 5.74) is 0.530. The maximum atomic E-state index is 12.5. The van der Waals surface area contributed by atoms with E-state index >= 15 is 0 Å². The van der Waals surface area contributed by atoms with E-state index in [1.165, 1.54) is 37.3 Å².